The van der Waals surface area contributed by atoms with E-state index in [0.717, 1.165) is 0 Å². The van der Waals surface area contributed by atoms with Crippen molar-refractivity contribution in [2.45, 2.75) is 4.90 Å². The van der Waals surface area contributed by atoms with Crippen LogP contribution in [0, 0.1) is 0 Å². The average Bonchev–Trinajstić information content (AvgIpc) is 1.90. The average molecular weight is 184 g/mol. The molecule has 0 aliphatic heterocycles. The summed E-state index contributed by atoms with van der Waals surface area (Å²) in [7, 11) is 0. The second-order valence-corrected chi connectivity index (χ2v) is 2.53. The summed E-state index contributed by atoms with van der Waals surface area (Å²) >= 11 is -1.83. The van der Waals surface area contributed by atoms with Gasteiger partial charge in [-0.1, -0.05) is 18.2 Å². The molecule has 1 aromatic rings. The Bertz CT molecular complexity index is 219. The Hall–Kier alpha value is 0.290. The number of rotatable bonds is 1. The summed E-state index contributed by atoms with van der Waals surface area (Å²) in [6.07, 6.45) is 0. The molecule has 5 heteroatoms. The van der Waals surface area contributed by atoms with Crippen molar-refractivity contribution < 1.29 is 45.2 Å². The number of hydrogen-bond donors (Lipinski definition) is 1. The molecule has 3 nitrogen and oxygen atoms in total. The van der Waals surface area contributed by atoms with Crippen LogP contribution in [0.5, 0.6) is 0 Å². The summed E-state index contributed by atoms with van der Waals surface area (Å²) in [5, 5.41) is 0. The van der Waals surface area contributed by atoms with Crippen LogP contribution in [0.1, 0.15) is 1.43 Å². The third-order valence-corrected chi connectivity index (χ3v) is 1.62. The molecule has 0 aromatic heterocycles. The zero-order chi connectivity index (χ0) is 6.69. The molecule has 3 N–H and O–H groups in total. The molecule has 1 atom stereocenters. The summed E-state index contributed by atoms with van der Waals surface area (Å²) in [6.45, 7) is 0. The zero-order valence-electron chi connectivity index (χ0n) is 7.15. The maximum absolute atomic E-state index is 10.3. The van der Waals surface area contributed by atoms with Gasteiger partial charge in [0.15, 0.2) is 11.1 Å². The summed E-state index contributed by atoms with van der Waals surface area (Å²) in [5.41, 5.74) is 0. The Kier molecular flexibility index (Phi) is 8.77. The van der Waals surface area contributed by atoms with Gasteiger partial charge in [-0.25, -0.2) is 4.21 Å². The van der Waals surface area contributed by atoms with Gasteiger partial charge in [-0.15, -0.1) is 0 Å². The molecule has 11 heavy (non-hydrogen) atoms. The van der Waals surface area contributed by atoms with E-state index in [0.29, 0.717) is 4.90 Å². The largest absolute Gasteiger partial charge is 1.00 e. The maximum Gasteiger partial charge on any atom is 1.00 e. The first-order valence-corrected chi connectivity index (χ1v) is 3.57. The minimum Gasteiger partial charge on any atom is -1.00 e. The van der Waals surface area contributed by atoms with Gasteiger partial charge in [0.25, 0.3) is 0 Å². The van der Waals surface area contributed by atoms with Gasteiger partial charge in [-0.3, -0.25) is 0 Å². The first-order chi connectivity index (χ1) is 4.30. The van der Waals surface area contributed by atoms with Crippen LogP contribution in [-0.2, 0) is 11.1 Å². The molecular weight excluding hydrogens is 175 g/mol. The third kappa shape index (κ3) is 4.68. The van der Waals surface area contributed by atoms with Gasteiger partial charge in [0.1, 0.15) is 0 Å². The van der Waals surface area contributed by atoms with Gasteiger partial charge >= 0.3 is 29.6 Å². The molecule has 0 radical (unpaired) electrons. The van der Waals surface area contributed by atoms with Crippen LogP contribution in [0.2, 0.25) is 0 Å². The minimum absolute atomic E-state index is 0. The zero-order valence-corrected chi connectivity index (χ0v) is 8.97. The van der Waals surface area contributed by atoms with Crippen molar-refractivity contribution in [3.05, 3.63) is 30.3 Å². The van der Waals surface area contributed by atoms with Gasteiger partial charge in [-0.2, -0.15) is 0 Å². The van der Waals surface area contributed by atoms with E-state index in [1.807, 2.05) is 0 Å². The molecule has 1 rings (SSSR count). The molecule has 0 aliphatic carbocycles. The molecule has 0 bridgehead atoms. The van der Waals surface area contributed by atoms with Gasteiger partial charge in [0.05, 0.1) is 4.90 Å². The van der Waals surface area contributed by atoms with E-state index in [9.17, 15) is 4.21 Å². The van der Waals surface area contributed by atoms with Crippen LogP contribution >= 0.6 is 0 Å². The maximum atomic E-state index is 10.3. The van der Waals surface area contributed by atoms with Crippen LogP contribution in [-0.4, -0.2) is 14.2 Å². The summed E-state index contributed by atoms with van der Waals surface area (Å²) in [4.78, 5) is 0.442. The van der Waals surface area contributed by atoms with E-state index in [4.69, 9.17) is 4.55 Å². The van der Waals surface area contributed by atoms with Crippen molar-refractivity contribution in [2.24, 2.45) is 0 Å². The molecule has 0 saturated heterocycles. The van der Waals surface area contributed by atoms with Crippen LogP contribution < -0.4 is 29.6 Å². The standard InChI is InChI=1S/C6H6O2S.Na.H2O.H/c7-9(8)6-4-2-1-3-5-6;;;/h1-5H,(H,7,8);;1H2;/q;+1;;-1. The first-order valence-electron chi connectivity index (χ1n) is 2.46. The van der Waals surface area contributed by atoms with Gasteiger partial charge in [0, 0.05) is 0 Å². The van der Waals surface area contributed by atoms with Gasteiger partial charge in [-0.05, 0) is 12.1 Å². The molecule has 0 heterocycles. The van der Waals surface area contributed by atoms with Crippen molar-refractivity contribution in [3.8, 4) is 0 Å². The Labute approximate surface area is 91.2 Å². The van der Waals surface area contributed by atoms with Crippen LogP contribution in [0.25, 0.3) is 0 Å². The van der Waals surface area contributed by atoms with Gasteiger partial charge in [0.2, 0.25) is 0 Å². The Morgan fingerprint density at radius 3 is 2.00 bits per heavy atom. The van der Waals surface area contributed by atoms with E-state index in [-0.39, 0.29) is 36.5 Å². The molecule has 1 unspecified atom stereocenters. The van der Waals surface area contributed by atoms with E-state index in [2.05, 4.69) is 0 Å². The molecule has 58 valence electrons. The molecule has 0 fully saturated rings. The van der Waals surface area contributed by atoms with Crippen molar-refractivity contribution in [1.29, 1.82) is 0 Å². The quantitative estimate of drug-likeness (QED) is 0.389. The number of benzene rings is 1. The van der Waals surface area contributed by atoms with Crippen molar-refractivity contribution in [2.75, 3.05) is 0 Å². The SMILES string of the molecule is O.O=S(O)c1ccccc1.[H-].[Na+]. The van der Waals surface area contributed by atoms with E-state index >= 15 is 0 Å². The molecule has 0 aliphatic rings. The predicted octanol–water partition coefficient (Wildman–Crippen LogP) is -2.44. The fourth-order valence-corrected chi connectivity index (χ4v) is 0.927. The second kappa shape index (κ2) is 6.97. The normalized spacial score (nSPS) is 10.6. The molecular formula is C6H9NaO3S. The van der Waals surface area contributed by atoms with Crippen LogP contribution in [0.4, 0.5) is 0 Å². The van der Waals surface area contributed by atoms with Crippen LogP contribution in [0.3, 0.4) is 0 Å². The van der Waals surface area contributed by atoms with Gasteiger partial charge < -0.3 is 11.5 Å². The smallest absolute Gasteiger partial charge is 1.00 e. The monoisotopic (exact) mass is 184 g/mol. The molecule has 0 saturated carbocycles. The number of hydrogen-bond acceptors (Lipinski definition) is 1. The Morgan fingerprint density at radius 2 is 1.73 bits per heavy atom. The van der Waals surface area contributed by atoms with Crippen molar-refractivity contribution in [3.63, 3.8) is 0 Å². The Balaban J connectivity index is -0.000000270. The molecule has 1 aromatic carbocycles. The summed E-state index contributed by atoms with van der Waals surface area (Å²) in [5.74, 6) is 0. The van der Waals surface area contributed by atoms with Crippen molar-refractivity contribution >= 4 is 11.1 Å². The van der Waals surface area contributed by atoms with Crippen molar-refractivity contribution in [1.82, 2.24) is 0 Å². The van der Waals surface area contributed by atoms with Crippen LogP contribution in [0.15, 0.2) is 35.2 Å². The predicted molar refractivity (Wildman–Crippen MR) is 40.2 cm³/mol. The van der Waals surface area contributed by atoms with E-state index in [1.54, 1.807) is 30.3 Å². The minimum atomic E-state index is -1.83. The van der Waals surface area contributed by atoms with E-state index in [1.165, 1.54) is 0 Å². The topological polar surface area (TPSA) is 68.8 Å². The fraction of sp³-hybridized carbons (Fsp3) is 0. The Morgan fingerprint density at radius 1 is 1.27 bits per heavy atom. The third-order valence-electron chi connectivity index (χ3n) is 0.945. The molecule has 0 amide bonds. The first kappa shape index (κ1) is 13.9. The summed E-state index contributed by atoms with van der Waals surface area (Å²) < 4.78 is 18.8. The second-order valence-electron chi connectivity index (χ2n) is 1.56. The molecule has 0 spiro atoms. The fourth-order valence-electron chi connectivity index (χ4n) is 0.537. The summed E-state index contributed by atoms with van der Waals surface area (Å²) in [6, 6.07) is 8.47. The van der Waals surface area contributed by atoms with E-state index < -0.39 is 11.1 Å².